The first kappa shape index (κ1) is 20.3. The highest BCUT2D eigenvalue weighted by molar-refractivity contribution is 5.83. The molecule has 7 nitrogen and oxygen atoms in total. The van der Waals surface area contributed by atoms with Crippen LogP contribution in [0.1, 0.15) is 57.8 Å². The van der Waals surface area contributed by atoms with E-state index in [-0.39, 0.29) is 29.6 Å². The molecule has 29 heavy (non-hydrogen) atoms. The number of aromatic nitrogens is 2. The predicted molar refractivity (Wildman–Crippen MR) is 111 cm³/mol. The molecule has 2 aliphatic heterocycles. The van der Waals surface area contributed by atoms with Crippen LogP contribution in [0.15, 0.2) is 6.33 Å². The summed E-state index contributed by atoms with van der Waals surface area (Å²) in [5.74, 6) is 0.479. The van der Waals surface area contributed by atoms with Crippen LogP contribution in [-0.4, -0.2) is 59.0 Å². The van der Waals surface area contributed by atoms with Crippen molar-refractivity contribution in [2.45, 2.75) is 69.9 Å². The zero-order valence-corrected chi connectivity index (χ0v) is 17.2. The lowest BCUT2D eigenvalue weighted by Gasteiger charge is -2.43. The molecule has 1 saturated carbocycles. The number of likely N-dealkylation sites (tertiary alicyclic amines) is 1. The molecule has 160 valence electrons. The maximum Gasteiger partial charge on any atom is 0.240 e. The maximum atomic E-state index is 14.4. The number of nitrogens with zero attached hydrogens (tertiary/aromatic N) is 4. The number of nitrogen functional groups attached to an aromatic ring is 1. The summed E-state index contributed by atoms with van der Waals surface area (Å²) < 4.78 is 14.4. The molecule has 1 aliphatic carbocycles. The molecule has 3 aliphatic rings. The fourth-order valence-corrected chi connectivity index (χ4v) is 5.15. The van der Waals surface area contributed by atoms with Gasteiger partial charge in [0.1, 0.15) is 6.33 Å². The molecule has 3 fully saturated rings. The Hall–Kier alpha value is -1.96. The van der Waals surface area contributed by atoms with E-state index in [9.17, 15) is 9.18 Å². The minimum Gasteiger partial charge on any atom is -0.381 e. The SMILES string of the molecule is Nc1ncnc(N2CCCC(N3CCCC(NCC4CCCCC4)C3=O)C2)c1F. The summed E-state index contributed by atoms with van der Waals surface area (Å²) in [7, 11) is 0. The monoisotopic (exact) mass is 404 g/mol. The van der Waals surface area contributed by atoms with Crippen LogP contribution < -0.4 is 16.0 Å². The molecule has 2 unspecified atom stereocenters. The minimum atomic E-state index is -0.565. The van der Waals surface area contributed by atoms with Crippen LogP contribution in [-0.2, 0) is 4.79 Å². The highest BCUT2D eigenvalue weighted by Crippen LogP contribution is 2.27. The lowest BCUT2D eigenvalue weighted by Crippen LogP contribution is -2.58. The normalized spacial score (nSPS) is 26.7. The predicted octanol–water partition coefficient (Wildman–Crippen LogP) is 2.33. The van der Waals surface area contributed by atoms with Crippen molar-refractivity contribution in [2.75, 3.05) is 36.8 Å². The molecule has 0 bridgehead atoms. The summed E-state index contributed by atoms with van der Waals surface area (Å²) in [5.41, 5.74) is 5.61. The fourth-order valence-electron chi connectivity index (χ4n) is 5.15. The Balaban J connectivity index is 1.37. The first-order chi connectivity index (χ1) is 14.1. The summed E-state index contributed by atoms with van der Waals surface area (Å²) in [4.78, 5) is 24.9. The third-order valence-corrected chi connectivity index (χ3v) is 6.79. The van der Waals surface area contributed by atoms with Crippen molar-refractivity contribution in [2.24, 2.45) is 5.92 Å². The van der Waals surface area contributed by atoms with Gasteiger partial charge in [0, 0.05) is 25.7 Å². The Morgan fingerprint density at radius 2 is 1.86 bits per heavy atom. The van der Waals surface area contributed by atoms with Gasteiger partial charge in [0.2, 0.25) is 11.7 Å². The molecule has 2 saturated heterocycles. The Bertz CT molecular complexity index is 710. The summed E-state index contributed by atoms with van der Waals surface area (Å²) >= 11 is 0. The zero-order chi connectivity index (χ0) is 20.2. The van der Waals surface area contributed by atoms with Crippen LogP contribution in [0.2, 0.25) is 0 Å². The fraction of sp³-hybridized carbons (Fsp3) is 0.762. The van der Waals surface area contributed by atoms with E-state index in [1.165, 1.54) is 38.4 Å². The molecule has 0 spiro atoms. The molecule has 1 aromatic rings. The molecule has 8 heteroatoms. The molecule has 0 radical (unpaired) electrons. The molecule has 3 N–H and O–H groups in total. The second-order valence-electron chi connectivity index (χ2n) is 8.78. The van der Waals surface area contributed by atoms with Crippen molar-refractivity contribution < 1.29 is 9.18 Å². The summed E-state index contributed by atoms with van der Waals surface area (Å²) in [6, 6.07) is 0.0126. The van der Waals surface area contributed by atoms with Crippen LogP contribution in [0.3, 0.4) is 0 Å². The molecule has 0 aromatic carbocycles. The topological polar surface area (TPSA) is 87.4 Å². The van der Waals surface area contributed by atoms with Crippen molar-refractivity contribution in [1.29, 1.82) is 0 Å². The van der Waals surface area contributed by atoms with Gasteiger partial charge >= 0.3 is 0 Å². The van der Waals surface area contributed by atoms with Crippen LogP contribution in [0.25, 0.3) is 0 Å². The quantitative estimate of drug-likeness (QED) is 0.783. The summed E-state index contributed by atoms with van der Waals surface area (Å²) in [5, 5.41) is 3.57. The van der Waals surface area contributed by atoms with Crippen LogP contribution >= 0.6 is 0 Å². The first-order valence-electron chi connectivity index (χ1n) is 11.2. The molecule has 1 amide bonds. The lowest BCUT2D eigenvalue weighted by molar-refractivity contribution is -0.138. The number of nitrogens with one attached hydrogen (secondary N) is 1. The minimum absolute atomic E-state index is 0.0764. The smallest absolute Gasteiger partial charge is 0.240 e. The van der Waals surface area contributed by atoms with Gasteiger partial charge in [-0.2, -0.15) is 4.39 Å². The van der Waals surface area contributed by atoms with Gasteiger partial charge in [-0.25, -0.2) is 9.97 Å². The van der Waals surface area contributed by atoms with Gasteiger partial charge in [-0.1, -0.05) is 19.3 Å². The van der Waals surface area contributed by atoms with E-state index in [0.717, 1.165) is 45.3 Å². The number of rotatable bonds is 5. The molecular formula is C21H33FN6O. The largest absolute Gasteiger partial charge is 0.381 e. The van der Waals surface area contributed by atoms with Gasteiger partial charge in [-0.3, -0.25) is 4.79 Å². The number of piperidine rings is 2. The van der Waals surface area contributed by atoms with Crippen LogP contribution in [0.5, 0.6) is 0 Å². The third kappa shape index (κ3) is 4.63. The zero-order valence-electron chi connectivity index (χ0n) is 17.2. The second kappa shape index (κ2) is 9.24. The average Bonchev–Trinajstić information content (AvgIpc) is 2.76. The van der Waals surface area contributed by atoms with E-state index in [1.807, 2.05) is 9.80 Å². The van der Waals surface area contributed by atoms with Gasteiger partial charge in [0.15, 0.2) is 11.6 Å². The number of nitrogens with two attached hydrogens (primary N) is 1. The van der Waals surface area contributed by atoms with Crippen molar-refractivity contribution in [3.8, 4) is 0 Å². The van der Waals surface area contributed by atoms with E-state index < -0.39 is 5.82 Å². The van der Waals surface area contributed by atoms with Gasteiger partial charge < -0.3 is 20.9 Å². The van der Waals surface area contributed by atoms with Gasteiger partial charge in [0.05, 0.1) is 6.04 Å². The highest BCUT2D eigenvalue weighted by Gasteiger charge is 2.36. The number of hydrogen-bond acceptors (Lipinski definition) is 6. The van der Waals surface area contributed by atoms with Gasteiger partial charge in [-0.05, 0) is 51.0 Å². The number of carbonyl (C=O) groups excluding carboxylic acids is 1. The number of carbonyl (C=O) groups is 1. The Labute approximate surface area is 172 Å². The van der Waals surface area contributed by atoms with Crippen LogP contribution in [0.4, 0.5) is 16.0 Å². The maximum absolute atomic E-state index is 14.4. The third-order valence-electron chi connectivity index (χ3n) is 6.79. The standard InChI is InChI=1S/C21H33FN6O/c22-18-19(23)25-14-26-20(18)27-10-4-8-16(13-27)28-11-5-9-17(21(28)29)24-12-15-6-2-1-3-7-15/h14-17,24H,1-13H2,(H2,23,25,26). The Morgan fingerprint density at radius 1 is 1.07 bits per heavy atom. The Morgan fingerprint density at radius 3 is 2.69 bits per heavy atom. The first-order valence-corrected chi connectivity index (χ1v) is 11.2. The van der Waals surface area contributed by atoms with E-state index in [4.69, 9.17) is 5.73 Å². The van der Waals surface area contributed by atoms with Crippen molar-refractivity contribution >= 4 is 17.5 Å². The van der Waals surface area contributed by atoms with E-state index in [1.54, 1.807) is 0 Å². The number of anilines is 2. The molecular weight excluding hydrogens is 371 g/mol. The van der Waals surface area contributed by atoms with Gasteiger partial charge in [-0.15, -0.1) is 0 Å². The van der Waals surface area contributed by atoms with Crippen molar-refractivity contribution in [3.63, 3.8) is 0 Å². The average molecular weight is 405 g/mol. The molecule has 2 atom stereocenters. The lowest BCUT2D eigenvalue weighted by atomic mass is 9.89. The van der Waals surface area contributed by atoms with E-state index in [0.29, 0.717) is 12.5 Å². The summed E-state index contributed by atoms with van der Waals surface area (Å²) in [6.07, 6.45) is 11.6. The number of hydrogen-bond donors (Lipinski definition) is 2. The molecule has 1 aromatic heterocycles. The number of halogens is 1. The van der Waals surface area contributed by atoms with Gasteiger partial charge in [0.25, 0.3) is 0 Å². The van der Waals surface area contributed by atoms with Crippen molar-refractivity contribution in [1.82, 2.24) is 20.2 Å². The molecule has 4 rings (SSSR count). The Kier molecular flexibility index (Phi) is 6.47. The van der Waals surface area contributed by atoms with Crippen molar-refractivity contribution in [3.05, 3.63) is 12.1 Å². The second-order valence-corrected chi connectivity index (χ2v) is 8.78. The van der Waals surface area contributed by atoms with E-state index in [2.05, 4.69) is 15.3 Å². The number of amides is 1. The molecule has 3 heterocycles. The highest BCUT2D eigenvalue weighted by atomic mass is 19.1. The van der Waals surface area contributed by atoms with Crippen LogP contribution in [0, 0.1) is 11.7 Å². The van der Waals surface area contributed by atoms with E-state index >= 15 is 0 Å². The summed E-state index contributed by atoms with van der Waals surface area (Å²) in [6.45, 7) is 3.05.